The number of aryl methyl sites for hydroxylation is 1. The van der Waals surface area contributed by atoms with Gasteiger partial charge in [0.15, 0.2) is 10.8 Å². The molecule has 2 atom stereocenters. The monoisotopic (exact) mass is 664 g/mol. The summed E-state index contributed by atoms with van der Waals surface area (Å²) in [6.45, 7) is 1.04. The van der Waals surface area contributed by atoms with E-state index in [9.17, 15) is 37.5 Å². The van der Waals surface area contributed by atoms with E-state index in [1.165, 1.54) is 28.5 Å². The second-order valence-corrected chi connectivity index (χ2v) is 11.0. The molecule has 4 heterocycles. The zero-order chi connectivity index (χ0) is 32.1. The number of nitrogen functional groups attached to an aromatic ring is 1. The highest BCUT2D eigenvalue weighted by Gasteiger charge is 2.54. The third-order valence-corrected chi connectivity index (χ3v) is 8.14. The number of rotatable bonds is 9. The van der Waals surface area contributed by atoms with Gasteiger partial charge in [0.25, 0.3) is 11.8 Å². The minimum atomic E-state index is -5.08. The first-order valence-corrected chi connectivity index (χ1v) is 14.2. The number of anilines is 1. The summed E-state index contributed by atoms with van der Waals surface area (Å²) in [5.41, 5.74) is 8.08. The molecular weight excluding hydrogens is 645 g/mol. The van der Waals surface area contributed by atoms with Crippen molar-refractivity contribution in [2.75, 3.05) is 18.1 Å². The lowest BCUT2D eigenvalue weighted by molar-refractivity contribution is -0.192. The number of carbonyl (C=O) groups is 5. The molecule has 15 nitrogen and oxygen atoms in total. The van der Waals surface area contributed by atoms with E-state index < -0.39 is 53.9 Å². The van der Waals surface area contributed by atoms with Crippen LogP contribution in [0.15, 0.2) is 33.4 Å². The molecule has 0 aromatic carbocycles. The summed E-state index contributed by atoms with van der Waals surface area (Å²) in [4.78, 5) is 72.3. The topological polar surface area (TPSA) is 235 Å². The number of alkyl halides is 3. The first-order valence-electron chi connectivity index (χ1n) is 11.3. The molecule has 1 saturated heterocycles. The molecule has 0 radical (unpaired) electrons. The number of oxime groups is 1. The first kappa shape index (κ1) is 33.0. The van der Waals surface area contributed by atoms with Crippen LogP contribution in [-0.2, 0) is 28.8 Å². The Morgan fingerprint density at radius 1 is 1.23 bits per heavy atom. The van der Waals surface area contributed by atoms with Gasteiger partial charge in [0.2, 0.25) is 6.61 Å². The van der Waals surface area contributed by atoms with Crippen molar-refractivity contribution >= 4 is 81.1 Å². The minimum absolute atomic E-state index is 0.0391. The van der Waals surface area contributed by atoms with Crippen LogP contribution < -0.4 is 11.1 Å². The van der Waals surface area contributed by atoms with Crippen molar-refractivity contribution in [2.45, 2.75) is 24.5 Å². The molecule has 2 aliphatic rings. The molecule has 1 fully saturated rings. The maximum atomic E-state index is 12.9. The second kappa shape index (κ2) is 13.6. The standard InChI is InChI=1S/C20H18N6O7S3.C2HF3O2/c1-8-11(36-7-22-8)3-2-9-5-34-18-14(17(30)26(18)15(9)19(31)32)24-16(29)13(25-33-4-12(27)28)10-6-35-20(21)23-10;3-2(4,5)1(6)7/h2-3,6-7,14,18H,4-5H2,1H3,(H2,21,23)(H,24,29)(H,27,28)(H,31,32);(H,6,7)/t14?,18-;/m1./s1. The van der Waals surface area contributed by atoms with Gasteiger partial charge in [-0.15, -0.1) is 34.4 Å². The minimum Gasteiger partial charge on any atom is -0.479 e. The number of amides is 2. The van der Waals surface area contributed by atoms with Crippen molar-refractivity contribution in [3.05, 3.63) is 44.5 Å². The largest absolute Gasteiger partial charge is 0.490 e. The number of β-lactam (4-membered cyclic amide) rings is 1. The molecule has 0 saturated carbocycles. The van der Waals surface area contributed by atoms with Gasteiger partial charge in [-0.05, 0) is 18.6 Å². The maximum Gasteiger partial charge on any atom is 0.490 e. The lowest BCUT2D eigenvalue weighted by atomic mass is 10.0. The van der Waals surface area contributed by atoms with Crippen LogP contribution in [-0.4, -0.2) is 95.6 Å². The number of carboxylic acid groups (broad SMARTS) is 3. The van der Waals surface area contributed by atoms with Crippen molar-refractivity contribution in [1.29, 1.82) is 0 Å². The molecule has 1 unspecified atom stereocenters. The zero-order valence-corrected chi connectivity index (χ0v) is 23.8. The quantitative estimate of drug-likeness (QED) is 0.145. The van der Waals surface area contributed by atoms with Crippen molar-refractivity contribution in [3.8, 4) is 0 Å². The molecule has 43 heavy (non-hydrogen) atoms. The second-order valence-electron chi connectivity index (χ2n) is 8.16. The van der Waals surface area contributed by atoms with Gasteiger partial charge in [0.05, 0.1) is 11.2 Å². The number of thiazole rings is 2. The van der Waals surface area contributed by atoms with E-state index in [2.05, 4.69) is 20.4 Å². The Balaban J connectivity index is 0.000000646. The average Bonchev–Trinajstić information content (AvgIpc) is 3.54. The fourth-order valence-corrected chi connectivity index (χ4v) is 5.94. The van der Waals surface area contributed by atoms with Crippen LogP contribution in [0, 0.1) is 6.92 Å². The predicted octanol–water partition coefficient (Wildman–Crippen LogP) is 1.38. The Hall–Kier alpha value is -4.50. The molecule has 0 spiro atoms. The number of carboxylic acids is 3. The lowest BCUT2D eigenvalue weighted by Gasteiger charge is -2.49. The SMILES string of the molecule is Cc1ncsc1C=CC1=C(C(=O)O)N2C(=O)C(NC(=O)C(=NOCC(=O)O)c3csc(N)n3)[C@H]2SC1.O=C(O)C(F)(F)F. The van der Waals surface area contributed by atoms with Crippen LogP contribution >= 0.6 is 34.4 Å². The predicted molar refractivity (Wildman–Crippen MR) is 146 cm³/mol. The van der Waals surface area contributed by atoms with Crippen LogP contribution in [0.4, 0.5) is 18.3 Å². The lowest BCUT2D eigenvalue weighted by Crippen LogP contribution is -2.71. The molecule has 0 bridgehead atoms. The summed E-state index contributed by atoms with van der Waals surface area (Å²) < 4.78 is 31.7. The Morgan fingerprint density at radius 2 is 1.91 bits per heavy atom. The smallest absolute Gasteiger partial charge is 0.479 e. The number of hydrogen-bond donors (Lipinski definition) is 5. The number of hydrogen-bond acceptors (Lipinski definition) is 13. The van der Waals surface area contributed by atoms with Gasteiger partial charge in [0.1, 0.15) is 22.8 Å². The number of allylic oxidation sites excluding steroid dienone is 1. The van der Waals surface area contributed by atoms with E-state index in [4.69, 9.17) is 25.6 Å². The van der Waals surface area contributed by atoms with E-state index in [0.29, 0.717) is 11.3 Å². The molecule has 2 aromatic rings. The van der Waals surface area contributed by atoms with Gasteiger partial charge < -0.3 is 31.2 Å². The Kier molecular flexibility index (Phi) is 10.5. The van der Waals surface area contributed by atoms with E-state index in [1.54, 1.807) is 17.7 Å². The molecule has 2 amide bonds. The number of nitrogens with zero attached hydrogens (tertiary/aromatic N) is 4. The van der Waals surface area contributed by atoms with E-state index in [1.807, 2.05) is 6.92 Å². The first-order chi connectivity index (χ1) is 20.1. The Bertz CT molecular complexity index is 1540. The van der Waals surface area contributed by atoms with E-state index >= 15 is 0 Å². The normalized spacial score (nSPS) is 18.4. The molecule has 2 aliphatic heterocycles. The molecular formula is C22H19F3N6O9S3. The van der Waals surface area contributed by atoms with Gasteiger partial charge in [-0.1, -0.05) is 11.2 Å². The molecule has 2 aromatic heterocycles. The van der Waals surface area contributed by atoms with Crippen LogP contribution in [0.5, 0.6) is 0 Å². The highest BCUT2D eigenvalue weighted by molar-refractivity contribution is 8.00. The molecule has 230 valence electrons. The third-order valence-electron chi connectivity index (χ3n) is 5.27. The summed E-state index contributed by atoms with van der Waals surface area (Å²) in [5, 5.41) is 32.7. The molecule has 21 heteroatoms. The molecule has 6 N–H and O–H groups in total. The number of nitrogens with one attached hydrogen (secondary N) is 1. The summed E-state index contributed by atoms with van der Waals surface area (Å²) in [5.74, 6) is -6.49. The fourth-order valence-electron chi connectivity index (χ4n) is 3.38. The summed E-state index contributed by atoms with van der Waals surface area (Å²) in [6, 6.07) is -1.04. The van der Waals surface area contributed by atoms with Crippen LogP contribution in [0.2, 0.25) is 0 Å². The van der Waals surface area contributed by atoms with Crippen molar-refractivity contribution in [1.82, 2.24) is 20.2 Å². The van der Waals surface area contributed by atoms with Crippen molar-refractivity contribution < 1.29 is 57.3 Å². The highest BCUT2D eigenvalue weighted by atomic mass is 32.2. The maximum absolute atomic E-state index is 12.9. The number of fused-ring (bicyclic) bond motifs is 1. The van der Waals surface area contributed by atoms with E-state index in [-0.39, 0.29) is 22.2 Å². The zero-order valence-electron chi connectivity index (χ0n) is 21.4. The van der Waals surface area contributed by atoms with Gasteiger partial charge in [-0.3, -0.25) is 14.5 Å². The Morgan fingerprint density at radius 3 is 2.42 bits per heavy atom. The van der Waals surface area contributed by atoms with Crippen LogP contribution in [0.3, 0.4) is 0 Å². The molecule has 4 rings (SSSR count). The van der Waals surface area contributed by atoms with E-state index in [0.717, 1.165) is 26.8 Å². The number of aliphatic carboxylic acids is 3. The van der Waals surface area contributed by atoms with Crippen molar-refractivity contribution in [2.24, 2.45) is 5.16 Å². The number of thioether (sulfide) groups is 1. The Labute approximate surface area is 250 Å². The summed E-state index contributed by atoms with van der Waals surface area (Å²) in [7, 11) is 0. The van der Waals surface area contributed by atoms with Gasteiger partial charge in [-0.25, -0.2) is 24.4 Å². The van der Waals surface area contributed by atoms with Gasteiger partial charge in [0, 0.05) is 16.0 Å². The molecule has 0 aliphatic carbocycles. The third kappa shape index (κ3) is 8.08. The fraction of sp³-hybridized carbons (Fsp3) is 0.273. The number of nitrogens with two attached hydrogens (primary N) is 1. The number of halogens is 3. The summed E-state index contributed by atoms with van der Waals surface area (Å²) in [6.07, 6.45) is -1.67. The van der Waals surface area contributed by atoms with Gasteiger partial charge in [-0.2, -0.15) is 13.2 Å². The summed E-state index contributed by atoms with van der Waals surface area (Å²) >= 11 is 3.73. The van der Waals surface area contributed by atoms with Crippen LogP contribution in [0.1, 0.15) is 16.3 Å². The number of carbonyl (C=O) groups excluding carboxylic acids is 2. The van der Waals surface area contributed by atoms with Gasteiger partial charge >= 0.3 is 24.1 Å². The number of aromatic nitrogens is 2. The van der Waals surface area contributed by atoms with Crippen molar-refractivity contribution in [3.63, 3.8) is 0 Å². The average molecular weight is 665 g/mol. The highest BCUT2D eigenvalue weighted by Crippen LogP contribution is 2.41. The van der Waals surface area contributed by atoms with Crippen LogP contribution in [0.25, 0.3) is 6.08 Å².